The fourth-order valence-electron chi connectivity index (χ4n) is 1.97. The molecule has 1 heterocycles. The zero-order valence-corrected chi connectivity index (χ0v) is 8.64. The zero-order valence-electron chi connectivity index (χ0n) is 8.64. The van der Waals surface area contributed by atoms with Gasteiger partial charge in [0.05, 0.1) is 0 Å². The Morgan fingerprint density at radius 1 is 1.29 bits per heavy atom. The predicted molar refractivity (Wildman–Crippen MR) is 49.8 cm³/mol. The molecule has 1 aliphatic heterocycles. The van der Waals surface area contributed by atoms with Gasteiger partial charge in [0.25, 0.3) is 0 Å². The first-order valence-corrected chi connectivity index (χ1v) is 4.78. The van der Waals surface area contributed by atoms with E-state index >= 15 is 0 Å². The Morgan fingerprint density at radius 3 is 2.64 bits per heavy atom. The molecule has 0 spiro atoms. The van der Waals surface area contributed by atoms with Crippen molar-refractivity contribution >= 4 is 0 Å². The van der Waals surface area contributed by atoms with Gasteiger partial charge >= 0.3 is 0 Å². The van der Waals surface area contributed by atoms with Crippen LogP contribution in [0.2, 0.25) is 0 Å². The summed E-state index contributed by atoms with van der Waals surface area (Å²) in [5.74, 6) is -0.622. The van der Waals surface area contributed by atoms with E-state index in [1.165, 1.54) is 0 Å². The molecule has 80 valence electrons. The average Bonchev–Trinajstić information content (AvgIpc) is 2.42. The Kier molecular flexibility index (Phi) is 2.39. The van der Waals surface area contributed by atoms with Crippen LogP contribution >= 0.6 is 0 Å². The largest absolute Gasteiger partial charge is 0.387 e. The Labute approximate surface area is 83.5 Å². The molecule has 0 bridgehead atoms. The third-order valence-corrected chi connectivity index (χ3v) is 2.60. The standard InChI is InChI=1S/C10H16O4/c1-10(2)13-7-5-4-6(12-3)8(11)9(7)14-10/h4-9,11H,1-3H3/t6-,7+,8+,9+/m0/s1. The van der Waals surface area contributed by atoms with Crippen molar-refractivity contribution in [1.29, 1.82) is 0 Å². The molecular weight excluding hydrogens is 184 g/mol. The third kappa shape index (κ3) is 1.59. The molecule has 1 aliphatic carbocycles. The predicted octanol–water partition coefficient (Wildman–Crippen LogP) is 0.452. The molecule has 0 radical (unpaired) electrons. The third-order valence-electron chi connectivity index (χ3n) is 2.60. The van der Waals surface area contributed by atoms with E-state index in [1.807, 2.05) is 26.0 Å². The van der Waals surface area contributed by atoms with E-state index in [1.54, 1.807) is 7.11 Å². The first-order valence-electron chi connectivity index (χ1n) is 4.78. The van der Waals surface area contributed by atoms with E-state index in [4.69, 9.17) is 14.2 Å². The lowest BCUT2D eigenvalue weighted by Crippen LogP contribution is -2.45. The molecule has 1 N–H and O–H groups in total. The number of aliphatic hydroxyl groups is 1. The number of methoxy groups -OCH3 is 1. The van der Waals surface area contributed by atoms with Crippen molar-refractivity contribution in [2.45, 2.75) is 44.1 Å². The van der Waals surface area contributed by atoms with Crippen LogP contribution in [0.15, 0.2) is 12.2 Å². The lowest BCUT2D eigenvalue weighted by atomic mass is 9.96. The van der Waals surface area contributed by atoms with Crippen LogP contribution in [0.4, 0.5) is 0 Å². The van der Waals surface area contributed by atoms with Crippen molar-refractivity contribution in [2.24, 2.45) is 0 Å². The lowest BCUT2D eigenvalue weighted by molar-refractivity contribution is -0.159. The van der Waals surface area contributed by atoms with Crippen molar-refractivity contribution in [3.8, 4) is 0 Å². The topological polar surface area (TPSA) is 47.9 Å². The van der Waals surface area contributed by atoms with Crippen LogP contribution in [0.1, 0.15) is 13.8 Å². The summed E-state index contributed by atoms with van der Waals surface area (Å²) < 4.78 is 16.3. The van der Waals surface area contributed by atoms with Crippen LogP contribution in [-0.4, -0.2) is 42.4 Å². The van der Waals surface area contributed by atoms with Gasteiger partial charge in [-0.25, -0.2) is 0 Å². The highest BCUT2D eigenvalue weighted by Gasteiger charge is 2.47. The van der Waals surface area contributed by atoms with Gasteiger partial charge in [0.1, 0.15) is 24.4 Å². The highest BCUT2D eigenvalue weighted by atomic mass is 16.8. The molecule has 14 heavy (non-hydrogen) atoms. The van der Waals surface area contributed by atoms with Gasteiger partial charge in [-0.2, -0.15) is 0 Å². The summed E-state index contributed by atoms with van der Waals surface area (Å²) in [5, 5.41) is 9.89. The van der Waals surface area contributed by atoms with E-state index in [9.17, 15) is 5.11 Å². The maximum Gasteiger partial charge on any atom is 0.164 e. The second-order valence-electron chi connectivity index (χ2n) is 4.14. The number of aliphatic hydroxyl groups excluding tert-OH is 1. The maximum absolute atomic E-state index is 9.89. The molecule has 0 aromatic rings. The summed E-state index contributed by atoms with van der Waals surface area (Å²) in [6.07, 6.45) is 2.27. The van der Waals surface area contributed by atoms with Crippen LogP contribution in [0.5, 0.6) is 0 Å². The molecule has 0 amide bonds. The average molecular weight is 200 g/mol. The molecule has 2 aliphatic rings. The molecule has 0 aromatic carbocycles. The van der Waals surface area contributed by atoms with Gasteiger partial charge in [-0.3, -0.25) is 0 Å². The van der Waals surface area contributed by atoms with Crippen molar-refractivity contribution in [3.63, 3.8) is 0 Å². The van der Waals surface area contributed by atoms with E-state index in [0.29, 0.717) is 0 Å². The Morgan fingerprint density at radius 2 is 2.00 bits per heavy atom. The smallest absolute Gasteiger partial charge is 0.164 e. The monoisotopic (exact) mass is 200 g/mol. The Bertz CT molecular complexity index is 249. The van der Waals surface area contributed by atoms with Gasteiger partial charge in [0, 0.05) is 7.11 Å². The maximum atomic E-state index is 9.89. The molecule has 0 unspecified atom stereocenters. The van der Waals surface area contributed by atoms with Gasteiger partial charge in [-0.05, 0) is 13.8 Å². The molecule has 4 atom stereocenters. The first-order chi connectivity index (χ1) is 6.53. The Balaban J connectivity index is 2.16. The summed E-state index contributed by atoms with van der Waals surface area (Å²) in [6, 6.07) is 0. The minimum absolute atomic E-state index is 0.161. The van der Waals surface area contributed by atoms with Crippen molar-refractivity contribution in [3.05, 3.63) is 12.2 Å². The molecular formula is C10H16O4. The Hall–Kier alpha value is -0.420. The van der Waals surface area contributed by atoms with E-state index in [0.717, 1.165) is 0 Å². The first kappa shape index (κ1) is 10.1. The quantitative estimate of drug-likeness (QED) is 0.624. The number of rotatable bonds is 1. The van der Waals surface area contributed by atoms with E-state index < -0.39 is 11.9 Å². The molecule has 1 fully saturated rings. The van der Waals surface area contributed by atoms with Crippen LogP contribution < -0.4 is 0 Å². The van der Waals surface area contributed by atoms with Crippen LogP contribution in [0, 0.1) is 0 Å². The summed E-state index contributed by atoms with van der Waals surface area (Å²) in [5.41, 5.74) is 0. The molecule has 1 saturated heterocycles. The normalized spacial score (nSPS) is 45.1. The fourth-order valence-corrected chi connectivity index (χ4v) is 1.97. The highest BCUT2D eigenvalue weighted by molar-refractivity contribution is 5.11. The summed E-state index contributed by atoms with van der Waals surface area (Å²) >= 11 is 0. The number of fused-ring (bicyclic) bond motifs is 1. The molecule has 0 aromatic heterocycles. The van der Waals surface area contributed by atoms with Gasteiger partial charge in [0.15, 0.2) is 5.79 Å². The van der Waals surface area contributed by atoms with Gasteiger partial charge in [0.2, 0.25) is 0 Å². The molecule has 0 saturated carbocycles. The summed E-state index contributed by atoms with van der Waals surface area (Å²) in [7, 11) is 1.57. The lowest BCUT2D eigenvalue weighted by Gasteiger charge is -2.29. The fraction of sp³-hybridized carbons (Fsp3) is 0.800. The van der Waals surface area contributed by atoms with E-state index in [2.05, 4.69) is 0 Å². The molecule has 4 heteroatoms. The summed E-state index contributed by atoms with van der Waals surface area (Å²) in [4.78, 5) is 0. The SMILES string of the molecule is CO[C@H]1C=C[C@H]2OC(C)(C)O[C@H]2[C@@H]1O. The van der Waals surface area contributed by atoms with Crippen LogP contribution in [0.3, 0.4) is 0 Å². The number of ether oxygens (including phenoxy) is 3. The van der Waals surface area contributed by atoms with Crippen molar-refractivity contribution in [1.82, 2.24) is 0 Å². The zero-order chi connectivity index (χ0) is 10.3. The molecule has 2 rings (SSSR count). The van der Waals surface area contributed by atoms with Gasteiger partial charge in [-0.1, -0.05) is 12.2 Å². The minimum atomic E-state index is -0.656. The van der Waals surface area contributed by atoms with Gasteiger partial charge in [-0.15, -0.1) is 0 Å². The number of hydrogen-bond acceptors (Lipinski definition) is 4. The highest BCUT2D eigenvalue weighted by Crippen LogP contribution is 2.34. The van der Waals surface area contributed by atoms with E-state index in [-0.39, 0.29) is 18.3 Å². The molecule has 4 nitrogen and oxygen atoms in total. The van der Waals surface area contributed by atoms with Crippen molar-refractivity contribution in [2.75, 3.05) is 7.11 Å². The van der Waals surface area contributed by atoms with Crippen LogP contribution in [-0.2, 0) is 14.2 Å². The number of hydrogen-bond donors (Lipinski definition) is 1. The summed E-state index contributed by atoms with van der Waals surface area (Å²) in [6.45, 7) is 3.68. The second-order valence-corrected chi connectivity index (χ2v) is 4.14. The van der Waals surface area contributed by atoms with Gasteiger partial charge < -0.3 is 19.3 Å². The van der Waals surface area contributed by atoms with Crippen LogP contribution in [0.25, 0.3) is 0 Å². The van der Waals surface area contributed by atoms with Crippen molar-refractivity contribution < 1.29 is 19.3 Å². The minimum Gasteiger partial charge on any atom is -0.387 e. The second kappa shape index (κ2) is 3.31.